The van der Waals surface area contributed by atoms with Crippen LogP contribution >= 0.6 is 0 Å². The Kier molecular flexibility index (Phi) is 5.51. The summed E-state index contributed by atoms with van der Waals surface area (Å²) >= 11 is 0. The van der Waals surface area contributed by atoms with Crippen molar-refractivity contribution in [2.45, 2.75) is 13.0 Å². The number of rotatable bonds is 6. The first kappa shape index (κ1) is 20.0. The molecule has 3 rings (SSSR count). The minimum atomic E-state index is -3.31. The summed E-state index contributed by atoms with van der Waals surface area (Å²) in [5.41, 5.74) is 2.88. The van der Waals surface area contributed by atoms with Crippen LogP contribution in [0.25, 0.3) is 0 Å². The summed E-state index contributed by atoms with van der Waals surface area (Å²) in [4.78, 5) is 14.5. The molecular weight excluding hydrogens is 380 g/mol. The Morgan fingerprint density at radius 1 is 1.18 bits per heavy atom. The molecule has 8 heteroatoms. The van der Waals surface area contributed by atoms with Crippen LogP contribution in [0.2, 0.25) is 0 Å². The number of nitrogens with zero attached hydrogens (tertiary/aromatic N) is 2. The molecule has 0 saturated carbocycles. The van der Waals surface area contributed by atoms with Crippen molar-refractivity contribution >= 4 is 21.6 Å². The smallest absolute Gasteiger partial charge is 0.253 e. The fourth-order valence-corrected chi connectivity index (χ4v) is 4.43. The molecule has 28 heavy (non-hydrogen) atoms. The lowest BCUT2D eigenvalue weighted by molar-refractivity contribution is 0.0784. The maximum absolute atomic E-state index is 12.9. The third-order valence-corrected chi connectivity index (χ3v) is 6.00. The second kappa shape index (κ2) is 7.71. The summed E-state index contributed by atoms with van der Waals surface area (Å²) < 4.78 is 35.9. The fourth-order valence-electron chi connectivity index (χ4n) is 3.47. The predicted molar refractivity (Wildman–Crippen MR) is 108 cm³/mol. The maximum Gasteiger partial charge on any atom is 0.253 e. The van der Waals surface area contributed by atoms with Gasteiger partial charge in [-0.05, 0) is 36.2 Å². The van der Waals surface area contributed by atoms with Gasteiger partial charge in [-0.2, -0.15) is 0 Å². The van der Waals surface area contributed by atoms with Gasteiger partial charge < -0.3 is 14.4 Å². The summed E-state index contributed by atoms with van der Waals surface area (Å²) in [5, 5.41) is 0. The van der Waals surface area contributed by atoms with Crippen molar-refractivity contribution in [3.63, 3.8) is 0 Å². The summed E-state index contributed by atoms with van der Waals surface area (Å²) in [5.74, 6) is 1.06. The third-order valence-electron chi connectivity index (χ3n) is 4.82. The average molecular weight is 404 g/mol. The van der Waals surface area contributed by atoms with Gasteiger partial charge in [-0.25, -0.2) is 8.42 Å². The number of carbonyl (C=O) groups is 1. The van der Waals surface area contributed by atoms with E-state index in [1.54, 1.807) is 50.4 Å². The Labute approximate surface area is 165 Å². The number of fused-ring (bicyclic) bond motifs is 1. The summed E-state index contributed by atoms with van der Waals surface area (Å²) in [6.45, 7) is 0.758. The molecule has 1 heterocycles. The number of anilines is 1. The van der Waals surface area contributed by atoms with Crippen LogP contribution in [0.4, 0.5) is 5.69 Å². The van der Waals surface area contributed by atoms with E-state index in [0.717, 1.165) is 11.1 Å². The molecule has 2 aromatic rings. The minimum Gasteiger partial charge on any atom is -0.493 e. The Balaban J connectivity index is 1.82. The molecular formula is C20H24N2O5S. The van der Waals surface area contributed by atoms with Gasteiger partial charge in [0.25, 0.3) is 5.91 Å². The number of amides is 1. The molecule has 150 valence electrons. The van der Waals surface area contributed by atoms with Crippen LogP contribution in [-0.4, -0.2) is 53.3 Å². The molecule has 0 bridgehead atoms. The molecule has 1 aliphatic heterocycles. The Bertz CT molecular complexity index is 1000. The van der Waals surface area contributed by atoms with Crippen molar-refractivity contribution in [3.8, 4) is 11.5 Å². The lowest BCUT2D eigenvalue weighted by Crippen LogP contribution is -2.28. The quantitative estimate of drug-likeness (QED) is 0.738. The highest BCUT2D eigenvalue weighted by Crippen LogP contribution is 2.33. The van der Waals surface area contributed by atoms with Gasteiger partial charge in [-0.1, -0.05) is 12.1 Å². The fraction of sp³-hybridized carbons (Fsp3) is 0.350. The van der Waals surface area contributed by atoms with Crippen LogP contribution in [0.1, 0.15) is 21.5 Å². The van der Waals surface area contributed by atoms with E-state index < -0.39 is 10.0 Å². The van der Waals surface area contributed by atoms with Crippen molar-refractivity contribution in [1.82, 2.24) is 4.90 Å². The maximum atomic E-state index is 12.9. The number of sulfonamides is 1. The normalized spacial score (nSPS) is 13.2. The molecule has 7 nitrogen and oxygen atoms in total. The van der Waals surface area contributed by atoms with E-state index in [4.69, 9.17) is 9.47 Å². The van der Waals surface area contributed by atoms with Crippen LogP contribution in [0.15, 0.2) is 36.4 Å². The lowest BCUT2D eigenvalue weighted by Gasteiger charge is -2.21. The third kappa shape index (κ3) is 3.77. The van der Waals surface area contributed by atoms with Crippen LogP contribution in [0.3, 0.4) is 0 Å². The number of carbonyl (C=O) groups excluding carboxylic acids is 1. The Morgan fingerprint density at radius 3 is 2.57 bits per heavy atom. The Morgan fingerprint density at radius 2 is 1.93 bits per heavy atom. The van der Waals surface area contributed by atoms with Crippen LogP contribution in [-0.2, 0) is 23.0 Å². The van der Waals surface area contributed by atoms with Gasteiger partial charge in [0.15, 0.2) is 11.5 Å². The van der Waals surface area contributed by atoms with Crippen LogP contribution in [0.5, 0.6) is 11.5 Å². The highest BCUT2D eigenvalue weighted by atomic mass is 32.2. The van der Waals surface area contributed by atoms with E-state index in [-0.39, 0.29) is 5.91 Å². The van der Waals surface area contributed by atoms with E-state index in [1.807, 2.05) is 12.1 Å². The molecule has 0 saturated heterocycles. The first-order valence-corrected chi connectivity index (χ1v) is 10.7. The van der Waals surface area contributed by atoms with Crippen LogP contribution in [0, 0.1) is 0 Å². The second-order valence-corrected chi connectivity index (χ2v) is 8.65. The van der Waals surface area contributed by atoms with Gasteiger partial charge in [-0.15, -0.1) is 0 Å². The number of benzene rings is 2. The van der Waals surface area contributed by atoms with Crippen LogP contribution < -0.4 is 13.8 Å². The van der Waals surface area contributed by atoms with Crippen molar-refractivity contribution in [2.24, 2.45) is 0 Å². The van der Waals surface area contributed by atoms with E-state index in [9.17, 15) is 13.2 Å². The predicted octanol–water partition coefficient (Wildman–Crippen LogP) is 2.30. The van der Waals surface area contributed by atoms with E-state index in [2.05, 4.69) is 0 Å². The van der Waals surface area contributed by atoms with Gasteiger partial charge in [0.05, 0.1) is 26.2 Å². The molecule has 0 fully saturated rings. The number of ether oxygens (including phenoxy) is 2. The second-order valence-electron chi connectivity index (χ2n) is 6.74. The molecule has 0 aliphatic carbocycles. The Hall–Kier alpha value is -2.74. The topological polar surface area (TPSA) is 76.2 Å². The first-order chi connectivity index (χ1) is 13.3. The van der Waals surface area contributed by atoms with E-state index in [1.165, 1.54) is 10.6 Å². The SMILES string of the molecule is COc1cccc(CN(C)C(=O)c2ccc3c(c2)CCN3S(C)(=O)=O)c1OC. The molecule has 2 aromatic carbocycles. The molecule has 0 spiro atoms. The van der Waals surface area contributed by atoms with Gasteiger partial charge in [-0.3, -0.25) is 9.10 Å². The molecule has 1 aliphatic rings. The van der Waals surface area contributed by atoms with Crippen molar-refractivity contribution < 1.29 is 22.7 Å². The van der Waals surface area contributed by atoms with E-state index >= 15 is 0 Å². The van der Waals surface area contributed by atoms with Crippen molar-refractivity contribution in [3.05, 3.63) is 53.1 Å². The van der Waals surface area contributed by atoms with Crippen molar-refractivity contribution in [2.75, 3.05) is 38.4 Å². The van der Waals surface area contributed by atoms with Crippen molar-refractivity contribution in [1.29, 1.82) is 0 Å². The zero-order valence-corrected chi connectivity index (χ0v) is 17.2. The molecule has 0 aromatic heterocycles. The zero-order chi connectivity index (χ0) is 20.5. The lowest BCUT2D eigenvalue weighted by atomic mass is 10.1. The molecule has 0 unspecified atom stereocenters. The standard InChI is InChI=1S/C20H24N2O5S/c1-21(13-16-6-5-7-18(26-2)19(16)27-3)20(23)15-8-9-17-14(12-15)10-11-22(17)28(4,24)25/h5-9,12H,10-11,13H2,1-4H3. The summed E-state index contributed by atoms with van der Waals surface area (Å²) in [6, 6.07) is 10.7. The van der Waals surface area contributed by atoms with E-state index in [0.29, 0.717) is 42.3 Å². The largest absolute Gasteiger partial charge is 0.493 e. The highest BCUT2D eigenvalue weighted by molar-refractivity contribution is 7.92. The zero-order valence-electron chi connectivity index (χ0n) is 16.4. The van der Waals surface area contributed by atoms with Gasteiger partial charge in [0.2, 0.25) is 10.0 Å². The highest BCUT2D eigenvalue weighted by Gasteiger charge is 2.27. The molecule has 1 amide bonds. The molecule has 0 N–H and O–H groups in total. The summed E-state index contributed by atoms with van der Waals surface area (Å²) in [7, 11) is 1.55. The minimum absolute atomic E-state index is 0.148. The number of hydrogen-bond donors (Lipinski definition) is 0. The van der Waals surface area contributed by atoms with Gasteiger partial charge in [0, 0.05) is 31.3 Å². The van der Waals surface area contributed by atoms with Gasteiger partial charge >= 0.3 is 0 Å². The average Bonchev–Trinajstić information content (AvgIpc) is 3.10. The van der Waals surface area contributed by atoms with Gasteiger partial charge in [0.1, 0.15) is 0 Å². The summed E-state index contributed by atoms with van der Waals surface area (Å²) in [6.07, 6.45) is 1.79. The number of hydrogen-bond acceptors (Lipinski definition) is 5. The number of para-hydroxylation sites is 1. The number of methoxy groups -OCH3 is 2. The first-order valence-electron chi connectivity index (χ1n) is 8.82. The molecule has 0 atom stereocenters. The molecule has 0 radical (unpaired) electrons. The monoisotopic (exact) mass is 404 g/mol.